The van der Waals surface area contributed by atoms with Gasteiger partial charge in [-0.3, -0.25) is 14.4 Å². The summed E-state index contributed by atoms with van der Waals surface area (Å²) in [4.78, 5) is 43.2. The molecule has 0 bridgehead atoms. The van der Waals surface area contributed by atoms with Crippen LogP contribution in [0.3, 0.4) is 0 Å². The van der Waals surface area contributed by atoms with Gasteiger partial charge in [-0.2, -0.15) is 0 Å². The lowest BCUT2D eigenvalue weighted by Crippen LogP contribution is -2.49. The standard InChI is InChI=1S/C30H33Cl2N3O3/c1-4-25(29(37)33-17-19(2)3)35(18-22-23(31)12-7-13-24(22)32)27(36)15-8-16-34-26-14-6-10-20-9-5-11-21(28(20)26)30(34)38/h5-7,9-14,19,25H,4,8,15-18H2,1-3H3,(H,33,37)/t25-/m1/s1. The average Bonchev–Trinajstić information content (AvgIpc) is 3.17. The molecule has 1 N–H and O–H groups in total. The summed E-state index contributed by atoms with van der Waals surface area (Å²) in [5.74, 6) is -0.155. The maximum absolute atomic E-state index is 13.6. The summed E-state index contributed by atoms with van der Waals surface area (Å²) in [6, 6.07) is 16.1. The molecule has 0 aromatic heterocycles. The molecule has 4 rings (SSSR count). The molecule has 0 unspecified atom stereocenters. The minimum Gasteiger partial charge on any atom is -0.354 e. The Hall–Kier alpha value is -3.09. The Bertz CT molecular complexity index is 1330. The normalized spacial score (nSPS) is 13.3. The molecule has 1 heterocycles. The maximum atomic E-state index is 13.6. The summed E-state index contributed by atoms with van der Waals surface area (Å²) in [7, 11) is 0. The smallest absolute Gasteiger partial charge is 0.258 e. The van der Waals surface area contributed by atoms with Crippen LogP contribution in [0.4, 0.5) is 5.69 Å². The summed E-state index contributed by atoms with van der Waals surface area (Å²) < 4.78 is 0. The minimum absolute atomic E-state index is 0.0524. The number of nitrogens with zero attached hydrogens (tertiary/aromatic N) is 2. The van der Waals surface area contributed by atoms with Crippen molar-refractivity contribution in [2.75, 3.05) is 18.0 Å². The lowest BCUT2D eigenvalue weighted by Gasteiger charge is -2.31. The molecule has 0 fully saturated rings. The lowest BCUT2D eigenvalue weighted by atomic mass is 10.1. The van der Waals surface area contributed by atoms with Crippen molar-refractivity contribution in [3.8, 4) is 0 Å². The van der Waals surface area contributed by atoms with Gasteiger partial charge in [-0.25, -0.2) is 0 Å². The summed E-state index contributed by atoms with van der Waals surface area (Å²) in [6.07, 6.45) is 1.07. The number of rotatable bonds is 11. The van der Waals surface area contributed by atoms with Gasteiger partial charge in [0.1, 0.15) is 6.04 Å². The van der Waals surface area contributed by atoms with Gasteiger partial charge in [-0.1, -0.05) is 74.3 Å². The number of hydrogen-bond acceptors (Lipinski definition) is 3. The molecule has 0 radical (unpaired) electrons. The summed E-state index contributed by atoms with van der Waals surface area (Å²) in [6.45, 7) is 6.97. The van der Waals surface area contributed by atoms with Crippen LogP contribution in [0.15, 0.2) is 54.6 Å². The van der Waals surface area contributed by atoms with E-state index in [1.54, 1.807) is 28.0 Å². The van der Waals surface area contributed by atoms with Crippen molar-refractivity contribution < 1.29 is 14.4 Å². The summed E-state index contributed by atoms with van der Waals surface area (Å²) >= 11 is 12.9. The fourth-order valence-electron chi connectivity index (χ4n) is 4.93. The van der Waals surface area contributed by atoms with Gasteiger partial charge in [-0.15, -0.1) is 0 Å². The number of halogens is 2. The molecule has 0 saturated carbocycles. The molecule has 8 heteroatoms. The number of amides is 3. The van der Waals surface area contributed by atoms with Crippen molar-refractivity contribution in [2.45, 2.75) is 52.6 Å². The van der Waals surface area contributed by atoms with E-state index < -0.39 is 6.04 Å². The number of anilines is 1. The fourth-order valence-corrected chi connectivity index (χ4v) is 5.45. The quantitative estimate of drug-likeness (QED) is 0.296. The molecule has 3 aromatic carbocycles. The number of carbonyl (C=O) groups excluding carboxylic acids is 3. The van der Waals surface area contributed by atoms with E-state index in [0.717, 1.165) is 16.5 Å². The molecule has 38 heavy (non-hydrogen) atoms. The monoisotopic (exact) mass is 553 g/mol. The van der Waals surface area contributed by atoms with Gasteiger partial charge in [0.15, 0.2) is 0 Å². The van der Waals surface area contributed by atoms with Crippen LogP contribution < -0.4 is 10.2 Å². The third-order valence-electron chi connectivity index (χ3n) is 6.88. The van der Waals surface area contributed by atoms with Crippen LogP contribution in [-0.4, -0.2) is 41.8 Å². The van der Waals surface area contributed by atoms with E-state index >= 15 is 0 Å². The molecule has 3 aromatic rings. The van der Waals surface area contributed by atoms with Crippen molar-refractivity contribution in [3.63, 3.8) is 0 Å². The highest BCUT2D eigenvalue weighted by Gasteiger charge is 2.32. The molecule has 0 aliphatic carbocycles. The first-order valence-corrected chi connectivity index (χ1v) is 13.8. The van der Waals surface area contributed by atoms with Gasteiger partial charge < -0.3 is 15.1 Å². The summed E-state index contributed by atoms with van der Waals surface area (Å²) in [5.41, 5.74) is 2.16. The number of benzene rings is 3. The number of hydrogen-bond donors (Lipinski definition) is 1. The predicted molar refractivity (Wildman–Crippen MR) is 154 cm³/mol. The van der Waals surface area contributed by atoms with Crippen LogP contribution in [0.5, 0.6) is 0 Å². The zero-order chi connectivity index (χ0) is 27.4. The molecule has 3 amide bonds. The Balaban J connectivity index is 1.51. The van der Waals surface area contributed by atoms with E-state index in [9.17, 15) is 14.4 Å². The Labute approximate surface area is 233 Å². The third kappa shape index (κ3) is 5.82. The van der Waals surface area contributed by atoms with Gasteiger partial charge in [0, 0.05) is 52.6 Å². The van der Waals surface area contributed by atoms with Crippen molar-refractivity contribution >= 4 is 57.4 Å². The summed E-state index contributed by atoms with van der Waals surface area (Å²) in [5, 5.41) is 5.83. The highest BCUT2D eigenvalue weighted by atomic mass is 35.5. The third-order valence-corrected chi connectivity index (χ3v) is 7.59. The SMILES string of the molecule is CC[C@H](C(=O)NCC(C)C)N(Cc1c(Cl)cccc1Cl)C(=O)CCCN1C(=O)c2cccc3cccc1c23. The van der Waals surface area contributed by atoms with E-state index in [0.29, 0.717) is 47.1 Å². The second-order valence-electron chi connectivity index (χ2n) is 10.0. The maximum Gasteiger partial charge on any atom is 0.258 e. The molecule has 200 valence electrons. The Morgan fingerprint density at radius 3 is 2.32 bits per heavy atom. The molecular weight excluding hydrogens is 521 g/mol. The zero-order valence-corrected chi connectivity index (χ0v) is 23.5. The van der Waals surface area contributed by atoms with Crippen LogP contribution in [0.2, 0.25) is 10.0 Å². The molecule has 1 aliphatic rings. The van der Waals surface area contributed by atoms with Gasteiger partial charge in [-0.05, 0) is 48.4 Å². The first-order valence-electron chi connectivity index (χ1n) is 13.1. The fraction of sp³-hybridized carbons (Fsp3) is 0.367. The largest absolute Gasteiger partial charge is 0.354 e. The topological polar surface area (TPSA) is 69.7 Å². The van der Waals surface area contributed by atoms with Crippen molar-refractivity contribution in [1.82, 2.24) is 10.2 Å². The Morgan fingerprint density at radius 1 is 1.00 bits per heavy atom. The van der Waals surface area contributed by atoms with E-state index in [1.165, 1.54) is 0 Å². The second kappa shape index (κ2) is 12.2. The predicted octanol–water partition coefficient (Wildman–Crippen LogP) is 6.47. The van der Waals surface area contributed by atoms with E-state index in [4.69, 9.17) is 23.2 Å². The van der Waals surface area contributed by atoms with E-state index in [-0.39, 0.29) is 36.6 Å². The molecule has 1 aliphatic heterocycles. The van der Waals surface area contributed by atoms with Crippen molar-refractivity contribution in [2.24, 2.45) is 5.92 Å². The van der Waals surface area contributed by atoms with Crippen LogP contribution in [-0.2, 0) is 16.1 Å². The van der Waals surface area contributed by atoms with Crippen LogP contribution >= 0.6 is 23.2 Å². The minimum atomic E-state index is -0.667. The van der Waals surface area contributed by atoms with Crippen molar-refractivity contribution in [3.05, 3.63) is 75.8 Å². The van der Waals surface area contributed by atoms with Gasteiger partial charge in [0.25, 0.3) is 5.91 Å². The molecule has 6 nitrogen and oxygen atoms in total. The lowest BCUT2D eigenvalue weighted by molar-refractivity contribution is -0.141. The number of carbonyl (C=O) groups is 3. The Morgan fingerprint density at radius 2 is 1.66 bits per heavy atom. The highest BCUT2D eigenvalue weighted by molar-refractivity contribution is 6.36. The highest BCUT2D eigenvalue weighted by Crippen LogP contribution is 2.37. The first kappa shape index (κ1) is 27.9. The van der Waals surface area contributed by atoms with Gasteiger partial charge in [0.05, 0.1) is 5.69 Å². The van der Waals surface area contributed by atoms with Crippen LogP contribution in [0.25, 0.3) is 10.8 Å². The zero-order valence-electron chi connectivity index (χ0n) is 22.0. The molecular formula is C30H33Cl2N3O3. The van der Waals surface area contributed by atoms with Gasteiger partial charge >= 0.3 is 0 Å². The Kier molecular flexibility index (Phi) is 8.95. The molecule has 1 atom stereocenters. The van der Waals surface area contributed by atoms with E-state index in [1.807, 2.05) is 57.2 Å². The van der Waals surface area contributed by atoms with Crippen LogP contribution in [0.1, 0.15) is 56.0 Å². The van der Waals surface area contributed by atoms with Gasteiger partial charge in [0.2, 0.25) is 11.8 Å². The van der Waals surface area contributed by atoms with Crippen LogP contribution in [0, 0.1) is 5.92 Å². The molecule has 0 spiro atoms. The average molecular weight is 555 g/mol. The molecule has 0 saturated heterocycles. The number of nitrogens with one attached hydrogen (secondary N) is 1. The van der Waals surface area contributed by atoms with E-state index in [2.05, 4.69) is 5.32 Å². The van der Waals surface area contributed by atoms with Crippen molar-refractivity contribution in [1.29, 1.82) is 0 Å². The second-order valence-corrected chi connectivity index (χ2v) is 10.8. The first-order chi connectivity index (χ1) is 18.2.